The molecule has 1 aliphatic heterocycles. The van der Waals surface area contributed by atoms with Gasteiger partial charge in [-0.05, 0) is 56.5 Å². The maximum atomic E-state index is 11.4. The van der Waals surface area contributed by atoms with Crippen molar-refractivity contribution in [3.63, 3.8) is 0 Å². The Morgan fingerprint density at radius 3 is 2.56 bits per heavy atom. The zero-order valence-corrected chi connectivity index (χ0v) is 10.6. The summed E-state index contributed by atoms with van der Waals surface area (Å²) in [4.78, 5) is 17.5. The van der Waals surface area contributed by atoms with Gasteiger partial charge in [-0.15, -0.1) is 0 Å². The number of pyridine rings is 1. The molecule has 0 saturated carbocycles. The van der Waals surface area contributed by atoms with E-state index in [9.17, 15) is 9.90 Å². The van der Waals surface area contributed by atoms with Gasteiger partial charge in [-0.1, -0.05) is 6.42 Å². The van der Waals surface area contributed by atoms with Crippen LogP contribution in [0, 0.1) is 0 Å². The Hall–Kier alpha value is -1.42. The standard InChI is InChI=1S/C14H20N2O2/c17-14(18)13(16-10-2-1-3-11-16)5-4-12-6-8-15-9-7-12/h6-9,13H,1-5,10-11H2,(H,17,18). The molecule has 0 amide bonds. The minimum Gasteiger partial charge on any atom is -0.480 e. The van der Waals surface area contributed by atoms with E-state index >= 15 is 0 Å². The largest absolute Gasteiger partial charge is 0.480 e. The number of likely N-dealkylation sites (tertiary alicyclic amines) is 1. The molecule has 4 nitrogen and oxygen atoms in total. The molecule has 98 valence electrons. The summed E-state index contributed by atoms with van der Waals surface area (Å²) in [5, 5.41) is 9.35. The zero-order valence-electron chi connectivity index (χ0n) is 10.6. The summed E-state index contributed by atoms with van der Waals surface area (Å²) in [5.41, 5.74) is 1.16. The fourth-order valence-corrected chi connectivity index (χ4v) is 2.55. The van der Waals surface area contributed by atoms with Crippen LogP contribution in [-0.4, -0.2) is 40.1 Å². The van der Waals surface area contributed by atoms with Crippen molar-refractivity contribution < 1.29 is 9.90 Å². The number of piperidine rings is 1. The maximum Gasteiger partial charge on any atom is 0.320 e. The van der Waals surface area contributed by atoms with Gasteiger partial charge in [0.15, 0.2) is 0 Å². The van der Waals surface area contributed by atoms with E-state index in [-0.39, 0.29) is 6.04 Å². The molecule has 1 atom stereocenters. The molecule has 0 aliphatic carbocycles. The van der Waals surface area contributed by atoms with E-state index in [2.05, 4.69) is 9.88 Å². The van der Waals surface area contributed by atoms with Crippen LogP contribution >= 0.6 is 0 Å². The van der Waals surface area contributed by atoms with Crippen LogP contribution in [0.3, 0.4) is 0 Å². The molecule has 1 fully saturated rings. The number of carboxylic acid groups (broad SMARTS) is 1. The lowest BCUT2D eigenvalue weighted by Crippen LogP contribution is -2.44. The fraction of sp³-hybridized carbons (Fsp3) is 0.571. The summed E-state index contributed by atoms with van der Waals surface area (Å²) >= 11 is 0. The Morgan fingerprint density at radius 2 is 1.94 bits per heavy atom. The first kappa shape index (κ1) is 13.0. The van der Waals surface area contributed by atoms with Crippen LogP contribution in [0.2, 0.25) is 0 Å². The molecule has 2 heterocycles. The summed E-state index contributed by atoms with van der Waals surface area (Å²) in [6.07, 6.45) is 8.47. The zero-order chi connectivity index (χ0) is 12.8. The molecule has 1 aromatic rings. The quantitative estimate of drug-likeness (QED) is 0.865. The molecule has 0 aromatic carbocycles. The third-order valence-corrected chi connectivity index (χ3v) is 3.57. The SMILES string of the molecule is O=C(O)C(CCc1ccncc1)N1CCCCC1. The Balaban J connectivity index is 1.92. The molecule has 1 aromatic heterocycles. The highest BCUT2D eigenvalue weighted by atomic mass is 16.4. The van der Waals surface area contributed by atoms with E-state index in [0.717, 1.165) is 37.9 Å². The smallest absolute Gasteiger partial charge is 0.320 e. The first-order chi connectivity index (χ1) is 8.77. The summed E-state index contributed by atoms with van der Waals surface area (Å²) in [5.74, 6) is -0.689. The van der Waals surface area contributed by atoms with Gasteiger partial charge in [0, 0.05) is 12.4 Å². The average molecular weight is 248 g/mol. The lowest BCUT2D eigenvalue weighted by Gasteiger charge is -2.32. The van der Waals surface area contributed by atoms with Crippen LogP contribution in [0.15, 0.2) is 24.5 Å². The van der Waals surface area contributed by atoms with Crippen molar-refractivity contribution in [2.75, 3.05) is 13.1 Å². The number of carbonyl (C=O) groups is 1. The normalized spacial score (nSPS) is 18.4. The van der Waals surface area contributed by atoms with E-state index in [1.165, 1.54) is 6.42 Å². The topological polar surface area (TPSA) is 53.4 Å². The number of rotatable bonds is 5. The van der Waals surface area contributed by atoms with Gasteiger partial charge in [-0.3, -0.25) is 14.7 Å². The van der Waals surface area contributed by atoms with Crippen molar-refractivity contribution in [3.05, 3.63) is 30.1 Å². The molecule has 1 aliphatic rings. The molecular formula is C14H20N2O2. The fourth-order valence-electron chi connectivity index (χ4n) is 2.55. The van der Waals surface area contributed by atoms with Crippen molar-refractivity contribution in [1.29, 1.82) is 0 Å². The average Bonchev–Trinajstić information content (AvgIpc) is 2.41. The number of carboxylic acids is 1. The van der Waals surface area contributed by atoms with Crippen molar-refractivity contribution in [2.45, 2.75) is 38.1 Å². The molecule has 1 unspecified atom stereocenters. The van der Waals surface area contributed by atoms with Gasteiger partial charge < -0.3 is 5.11 Å². The van der Waals surface area contributed by atoms with Crippen LogP contribution in [0.5, 0.6) is 0 Å². The van der Waals surface area contributed by atoms with Gasteiger partial charge in [0.2, 0.25) is 0 Å². The molecule has 1 saturated heterocycles. The minimum atomic E-state index is -0.689. The summed E-state index contributed by atoms with van der Waals surface area (Å²) < 4.78 is 0. The summed E-state index contributed by atoms with van der Waals surface area (Å²) in [6.45, 7) is 1.85. The van der Waals surface area contributed by atoms with Crippen LogP contribution in [0.4, 0.5) is 0 Å². The molecular weight excluding hydrogens is 228 g/mol. The second kappa shape index (κ2) is 6.50. The molecule has 18 heavy (non-hydrogen) atoms. The minimum absolute atomic E-state index is 0.335. The van der Waals surface area contributed by atoms with Crippen LogP contribution < -0.4 is 0 Å². The van der Waals surface area contributed by atoms with Crippen LogP contribution in [0.1, 0.15) is 31.2 Å². The molecule has 4 heteroatoms. The highest BCUT2D eigenvalue weighted by Gasteiger charge is 2.26. The second-order valence-corrected chi connectivity index (χ2v) is 4.84. The molecule has 0 radical (unpaired) electrons. The second-order valence-electron chi connectivity index (χ2n) is 4.84. The number of nitrogens with zero attached hydrogens (tertiary/aromatic N) is 2. The van der Waals surface area contributed by atoms with Crippen molar-refractivity contribution >= 4 is 5.97 Å². The Bertz CT molecular complexity index is 375. The van der Waals surface area contributed by atoms with Gasteiger partial charge in [0.05, 0.1) is 0 Å². The van der Waals surface area contributed by atoms with Crippen LogP contribution in [0.25, 0.3) is 0 Å². The Morgan fingerprint density at radius 1 is 1.28 bits per heavy atom. The molecule has 1 N–H and O–H groups in total. The van der Waals surface area contributed by atoms with Gasteiger partial charge in [0.1, 0.15) is 6.04 Å². The van der Waals surface area contributed by atoms with Gasteiger partial charge in [-0.25, -0.2) is 0 Å². The van der Waals surface area contributed by atoms with Crippen molar-refractivity contribution in [2.24, 2.45) is 0 Å². The number of hydrogen-bond acceptors (Lipinski definition) is 3. The lowest BCUT2D eigenvalue weighted by molar-refractivity contribution is -0.144. The molecule has 2 rings (SSSR count). The predicted molar refractivity (Wildman–Crippen MR) is 69.4 cm³/mol. The van der Waals surface area contributed by atoms with E-state index in [1.807, 2.05) is 12.1 Å². The van der Waals surface area contributed by atoms with Gasteiger partial charge in [0.25, 0.3) is 0 Å². The highest BCUT2D eigenvalue weighted by molar-refractivity contribution is 5.73. The van der Waals surface area contributed by atoms with Crippen molar-refractivity contribution in [3.8, 4) is 0 Å². The summed E-state index contributed by atoms with van der Waals surface area (Å²) in [7, 11) is 0. The van der Waals surface area contributed by atoms with E-state index in [1.54, 1.807) is 12.4 Å². The lowest BCUT2D eigenvalue weighted by atomic mass is 10.0. The number of aliphatic carboxylic acids is 1. The van der Waals surface area contributed by atoms with Gasteiger partial charge in [-0.2, -0.15) is 0 Å². The highest BCUT2D eigenvalue weighted by Crippen LogP contribution is 2.16. The number of aryl methyl sites for hydroxylation is 1. The molecule has 0 spiro atoms. The Kier molecular flexibility index (Phi) is 4.70. The number of hydrogen-bond donors (Lipinski definition) is 1. The Labute approximate surface area is 108 Å². The first-order valence-corrected chi connectivity index (χ1v) is 6.63. The first-order valence-electron chi connectivity index (χ1n) is 6.63. The van der Waals surface area contributed by atoms with Crippen molar-refractivity contribution in [1.82, 2.24) is 9.88 Å². The van der Waals surface area contributed by atoms with E-state index < -0.39 is 5.97 Å². The van der Waals surface area contributed by atoms with E-state index in [4.69, 9.17) is 0 Å². The maximum absolute atomic E-state index is 11.4. The third-order valence-electron chi connectivity index (χ3n) is 3.57. The monoisotopic (exact) mass is 248 g/mol. The predicted octanol–water partition coefficient (Wildman–Crippen LogP) is 1.95. The molecule has 0 bridgehead atoms. The van der Waals surface area contributed by atoms with Crippen LogP contribution in [-0.2, 0) is 11.2 Å². The van der Waals surface area contributed by atoms with Gasteiger partial charge >= 0.3 is 5.97 Å². The summed E-state index contributed by atoms with van der Waals surface area (Å²) in [6, 6.07) is 3.57. The number of aromatic nitrogens is 1. The van der Waals surface area contributed by atoms with E-state index in [0.29, 0.717) is 6.42 Å². The third kappa shape index (κ3) is 3.53.